The van der Waals surface area contributed by atoms with Crippen LogP contribution < -0.4 is 5.73 Å². The van der Waals surface area contributed by atoms with Crippen LogP contribution in [0.2, 0.25) is 0 Å². The van der Waals surface area contributed by atoms with E-state index in [0.717, 1.165) is 0 Å². The molecule has 0 aromatic heterocycles. The van der Waals surface area contributed by atoms with Crippen molar-refractivity contribution >= 4 is 5.91 Å². The second-order valence-corrected chi connectivity index (χ2v) is 1.71. The van der Waals surface area contributed by atoms with E-state index in [1.165, 1.54) is 0 Å². The standard InChI is InChI=1S/C6H9NO/c1-3-4-5(2)6(7)8/h1,5H,4H2,2H3,(H2,7,8). The molecule has 2 N–H and O–H groups in total. The van der Waals surface area contributed by atoms with Gasteiger partial charge in [0.15, 0.2) is 0 Å². The molecule has 2 nitrogen and oxygen atoms in total. The molecule has 2 heteroatoms. The maximum Gasteiger partial charge on any atom is 0.221 e. The van der Waals surface area contributed by atoms with Crippen LogP contribution in [0.1, 0.15) is 13.3 Å². The van der Waals surface area contributed by atoms with Crippen molar-refractivity contribution in [1.82, 2.24) is 0 Å². The van der Waals surface area contributed by atoms with E-state index in [-0.39, 0.29) is 11.8 Å². The molecule has 44 valence electrons. The van der Waals surface area contributed by atoms with Crippen LogP contribution in [0.3, 0.4) is 0 Å². The normalized spacial score (nSPS) is 12.0. The molecule has 8 heavy (non-hydrogen) atoms. The smallest absolute Gasteiger partial charge is 0.221 e. The van der Waals surface area contributed by atoms with Crippen LogP contribution in [-0.4, -0.2) is 5.91 Å². The fourth-order valence-electron chi connectivity index (χ4n) is 0.277. The lowest BCUT2D eigenvalue weighted by atomic mass is 10.1. The molecular weight excluding hydrogens is 102 g/mol. The number of amides is 1. The molecule has 0 radical (unpaired) electrons. The van der Waals surface area contributed by atoms with E-state index >= 15 is 0 Å². The highest BCUT2D eigenvalue weighted by molar-refractivity contribution is 5.76. The van der Waals surface area contributed by atoms with Gasteiger partial charge in [0.05, 0.1) is 0 Å². The molecule has 0 aromatic carbocycles. The van der Waals surface area contributed by atoms with Crippen molar-refractivity contribution < 1.29 is 4.79 Å². The van der Waals surface area contributed by atoms with Crippen molar-refractivity contribution in [2.24, 2.45) is 11.7 Å². The lowest BCUT2D eigenvalue weighted by molar-refractivity contribution is -0.121. The van der Waals surface area contributed by atoms with Crippen LogP contribution in [0, 0.1) is 18.3 Å². The summed E-state index contributed by atoms with van der Waals surface area (Å²) < 4.78 is 0. The van der Waals surface area contributed by atoms with E-state index in [1.807, 2.05) is 0 Å². The van der Waals surface area contributed by atoms with Crippen molar-refractivity contribution in [2.75, 3.05) is 0 Å². The van der Waals surface area contributed by atoms with Crippen molar-refractivity contribution in [2.45, 2.75) is 13.3 Å². The third kappa shape index (κ3) is 2.25. The number of terminal acetylenes is 1. The van der Waals surface area contributed by atoms with Crippen LogP contribution >= 0.6 is 0 Å². The van der Waals surface area contributed by atoms with Gasteiger partial charge in [0.2, 0.25) is 5.91 Å². The molecule has 0 saturated carbocycles. The summed E-state index contributed by atoms with van der Waals surface area (Å²) in [6, 6.07) is 0. The summed E-state index contributed by atoms with van der Waals surface area (Å²) in [7, 11) is 0. The fraction of sp³-hybridized carbons (Fsp3) is 0.500. The van der Waals surface area contributed by atoms with E-state index in [2.05, 4.69) is 5.92 Å². The predicted octanol–water partition coefficient (Wildman–Crippen LogP) is 0.131. The first-order valence-corrected chi connectivity index (χ1v) is 2.41. The summed E-state index contributed by atoms with van der Waals surface area (Å²) >= 11 is 0. The van der Waals surface area contributed by atoms with Crippen molar-refractivity contribution in [1.29, 1.82) is 0 Å². The summed E-state index contributed by atoms with van der Waals surface area (Å²) in [5.74, 6) is 1.84. The molecule has 0 fully saturated rings. The lowest BCUT2D eigenvalue weighted by Gasteiger charge is -1.97. The summed E-state index contributed by atoms with van der Waals surface area (Å²) in [5, 5.41) is 0. The first-order valence-electron chi connectivity index (χ1n) is 2.41. The molecule has 0 heterocycles. The Balaban J connectivity index is 3.52. The molecule has 0 aliphatic carbocycles. The Morgan fingerprint density at radius 3 is 2.62 bits per heavy atom. The molecular formula is C6H9NO. The first kappa shape index (κ1) is 7.03. The quantitative estimate of drug-likeness (QED) is 0.506. The Hall–Kier alpha value is -0.970. The zero-order valence-electron chi connectivity index (χ0n) is 4.85. The highest BCUT2D eigenvalue weighted by atomic mass is 16.1. The Kier molecular flexibility index (Phi) is 2.71. The number of hydrogen-bond donors (Lipinski definition) is 1. The summed E-state index contributed by atoms with van der Waals surface area (Å²) in [4.78, 5) is 10.2. The van der Waals surface area contributed by atoms with Crippen LogP contribution in [0.25, 0.3) is 0 Å². The maximum absolute atomic E-state index is 10.2. The Labute approximate surface area is 49.1 Å². The Morgan fingerprint density at radius 2 is 2.50 bits per heavy atom. The van der Waals surface area contributed by atoms with Gasteiger partial charge in [-0.1, -0.05) is 6.92 Å². The molecule has 0 aliphatic heterocycles. The number of carbonyl (C=O) groups excluding carboxylic acids is 1. The van der Waals surface area contributed by atoms with Gasteiger partial charge < -0.3 is 5.73 Å². The number of carbonyl (C=O) groups is 1. The van der Waals surface area contributed by atoms with Gasteiger partial charge in [0.25, 0.3) is 0 Å². The largest absolute Gasteiger partial charge is 0.369 e. The topological polar surface area (TPSA) is 43.1 Å². The molecule has 1 amide bonds. The summed E-state index contributed by atoms with van der Waals surface area (Å²) in [6.07, 6.45) is 5.35. The molecule has 0 spiro atoms. The van der Waals surface area contributed by atoms with Gasteiger partial charge in [-0.2, -0.15) is 0 Å². The summed E-state index contributed by atoms with van der Waals surface area (Å²) in [6.45, 7) is 1.71. The molecule has 0 bridgehead atoms. The Morgan fingerprint density at radius 1 is 2.00 bits per heavy atom. The lowest BCUT2D eigenvalue weighted by Crippen LogP contribution is -2.19. The highest BCUT2D eigenvalue weighted by Crippen LogP contribution is 1.96. The van der Waals surface area contributed by atoms with E-state index in [1.54, 1.807) is 6.92 Å². The third-order valence-corrected chi connectivity index (χ3v) is 0.910. The minimum Gasteiger partial charge on any atom is -0.369 e. The zero-order chi connectivity index (χ0) is 6.57. The van der Waals surface area contributed by atoms with Gasteiger partial charge in [-0.15, -0.1) is 12.3 Å². The van der Waals surface area contributed by atoms with Crippen molar-refractivity contribution in [3.63, 3.8) is 0 Å². The maximum atomic E-state index is 10.2. The van der Waals surface area contributed by atoms with Gasteiger partial charge in [-0.3, -0.25) is 4.79 Å². The fourth-order valence-corrected chi connectivity index (χ4v) is 0.277. The predicted molar refractivity (Wildman–Crippen MR) is 31.8 cm³/mol. The molecule has 0 aliphatic rings. The van der Waals surface area contributed by atoms with Gasteiger partial charge in [-0.25, -0.2) is 0 Å². The number of primary amides is 1. The van der Waals surface area contributed by atoms with E-state index in [0.29, 0.717) is 6.42 Å². The third-order valence-electron chi connectivity index (χ3n) is 0.910. The zero-order valence-corrected chi connectivity index (χ0v) is 4.85. The van der Waals surface area contributed by atoms with Crippen LogP contribution in [0.4, 0.5) is 0 Å². The molecule has 0 aromatic rings. The molecule has 1 unspecified atom stereocenters. The second kappa shape index (κ2) is 3.09. The molecule has 1 atom stereocenters. The average molecular weight is 111 g/mol. The highest BCUT2D eigenvalue weighted by Gasteiger charge is 2.04. The van der Waals surface area contributed by atoms with Crippen LogP contribution in [0.15, 0.2) is 0 Å². The van der Waals surface area contributed by atoms with E-state index in [9.17, 15) is 4.79 Å². The van der Waals surface area contributed by atoms with Crippen molar-refractivity contribution in [3.8, 4) is 12.3 Å². The van der Waals surface area contributed by atoms with E-state index in [4.69, 9.17) is 12.2 Å². The van der Waals surface area contributed by atoms with Gasteiger partial charge in [-0.05, 0) is 0 Å². The summed E-state index contributed by atoms with van der Waals surface area (Å²) in [5.41, 5.74) is 4.89. The van der Waals surface area contributed by atoms with Crippen LogP contribution in [0.5, 0.6) is 0 Å². The van der Waals surface area contributed by atoms with Crippen molar-refractivity contribution in [3.05, 3.63) is 0 Å². The van der Waals surface area contributed by atoms with Gasteiger partial charge in [0, 0.05) is 12.3 Å². The number of nitrogens with two attached hydrogens (primary N) is 1. The minimum absolute atomic E-state index is 0.181. The van der Waals surface area contributed by atoms with E-state index < -0.39 is 0 Å². The number of hydrogen-bond acceptors (Lipinski definition) is 1. The second-order valence-electron chi connectivity index (χ2n) is 1.71. The molecule has 0 saturated heterocycles. The SMILES string of the molecule is C#CCC(C)C(N)=O. The average Bonchev–Trinajstić information content (AvgIpc) is 1.67. The monoisotopic (exact) mass is 111 g/mol. The van der Waals surface area contributed by atoms with Crippen LogP contribution in [-0.2, 0) is 4.79 Å². The number of rotatable bonds is 2. The Bertz CT molecular complexity index is 123. The minimum atomic E-state index is -0.331. The van der Waals surface area contributed by atoms with Gasteiger partial charge >= 0.3 is 0 Å². The van der Waals surface area contributed by atoms with Gasteiger partial charge in [0.1, 0.15) is 0 Å². The molecule has 0 rings (SSSR count). The first-order chi connectivity index (χ1) is 3.68.